The number of likely N-dealkylation sites (tertiary alicyclic amines) is 1. The van der Waals surface area contributed by atoms with Gasteiger partial charge in [-0.3, -0.25) is 9.59 Å². The number of nitrogens with zero attached hydrogens (tertiary/aromatic N) is 1. The van der Waals surface area contributed by atoms with Gasteiger partial charge in [-0.15, -0.1) is 0 Å². The summed E-state index contributed by atoms with van der Waals surface area (Å²) in [5.41, 5.74) is 5.94. The molecule has 0 radical (unpaired) electrons. The van der Waals surface area contributed by atoms with E-state index in [9.17, 15) is 9.59 Å². The van der Waals surface area contributed by atoms with E-state index in [2.05, 4.69) is 6.92 Å². The highest BCUT2D eigenvalue weighted by Gasteiger charge is 2.29. The molecule has 1 saturated heterocycles. The van der Waals surface area contributed by atoms with Crippen molar-refractivity contribution in [3.8, 4) is 0 Å². The summed E-state index contributed by atoms with van der Waals surface area (Å²) in [5, 5.41) is 8.77. The van der Waals surface area contributed by atoms with Crippen molar-refractivity contribution in [1.82, 2.24) is 4.90 Å². The molecular formula is C14H26N2O3. The number of hydrogen-bond acceptors (Lipinski definition) is 3. The van der Waals surface area contributed by atoms with Crippen LogP contribution >= 0.6 is 0 Å². The van der Waals surface area contributed by atoms with Gasteiger partial charge in [0.15, 0.2) is 0 Å². The molecule has 0 aromatic carbocycles. The Bertz CT molecular complexity index is 307. The van der Waals surface area contributed by atoms with Gasteiger partial charge in [0.25, 0.3) is 0 Å². The number of carbonyl (C=O) groups excluding carboxylic acids is 1. The topological polar surface area (TPSA) is 83.6 Å². The molecule has 0 aromatic heterocycles. The fourth-order valence-corrected chi connectivity index (χ4v) is 2.64. The van der Waals surface area contributed by atoms with E-state index in [1.54, 1.807) is 0 Å². The molecule has 0 spiro atoms. The molecule has 2 unspecified atom stereocenters. The molecule has 0 saturated carbocycles. The maximum absolute atomic E-state index is 12.3. The lowest BCUT2D eigenvalue weighted by atomic mass is 9.96. The summed E-state index contributed by atoms with van der Waals surface area (Å²) in [7, 11) is 0. The second-order valence-corrected chi connectivity index (χ2v) is 5.36. The first-order chi connectivity index (χ1) is 9.06. The van der Waals surface area contributed by atoms with E-state index in [1.807, 2.05) is 4.90 Å². The third-order valence-corrected chi connectivity index (χ3v) is 3.79. The third-order valence-electron chi connectivity index (χ3n) is 3.79. The molecule has 0 aromatic rings. The molecule has 0 bridgehead atoms. The van der Waals surface area contributed by atoms with E-state index in [0.29, 0.717) is 6.42 Å². The molecule has 0 aliphatic carbocycles. The molecule has 1 aliphatic heterocycles. The Kier molecular flexibility index (Phi) is 6.84. The quantitative estimate of drug-likeness (QED) is 0.738. The van der Waals surface area contributed by atoms with Crippen molar-refractivity contribution in [1.29, 1.82) is 0 Å². The molecule has 1 rings (SSSR count). The van der Waals surface area contributed by atoms with Gasteiger partial charge in [-0.1, -0.05) is 19.8 Å². The van der Waals surface area contributed by atoms with E-state index in [1.165, 1.54) is 0 Å². The van der Waals surface area contributed by atoms with Crippen LogP contribution in [0.4, 0.5) is 0 Å². The zero-order valence-corrected chi connectivity index (χ0v) is 11.8. The van der Waals surface area contributed by atoms with Crippen LogP contribution in [0.15, 0.2) is 0 Å². The molecule has 3 N–H and O–H groups in total. The highest BCUT2D eigenvalue weighted by Crippen LogP contribution is 2.22. The summed E-state index contributed by atoms with van der Waals surface area (Å²) >= 11 is 0. The summed E-state index contributed by atoms with van der Waals surface area (Å²) in [6, 6.07) is -0.365. The molecule has 110 valence electrons. The molecule has 19 heavy (non-hydrogen) atoms. The van der Waals surface area contributed by atoms with E-state index in [4.69, 9.17) is 10.8 Å². The van der Waals surface area contributed by atoms with Crippen molar-refractivity contribution in [2.45, 2.75) is 70.4 Å². The van der Waals surface area contributed by atoms with E-state index >= 15 is 0 Å². The molecule has 5 heteroatoms. The Labute approximate surface area is 115 Å². The molecule has 1 fully saturated rings. The van der Waals surface area contributed by atoms with Crippen LogP contribution in [-0.2, 0) is 9.59 Å². The number of hydrogen-bond donors (Lipinski definition) is 2. The Hall–Kier alpha value is -1.10. The highest BCUT2D eigenvalue weighted by molar-refractivity contribution is 5.82. The highest BCUT2D eigenvalue weighted by atomic mass is 16.4. The first-order valence-electron chi connectivity index (χ1n) is 7.34. The van der Waals surface area contributed by atoms with Crippen molar-refractivity contribution in [2.75, 3.05) is 6.54 Å². The van der Waals surface area contributed by atoms with Gasteiger partial charge in [0.2, 0.25) is 5.91 Å². The van der Waals surface area contributed by atoms with Crippen LogP contribution in [0.1, 0.15) is 58.3 Å². The second-order valence-electron chi connectivity index (χ2n) is 5.36. The minimum atomic E-state index is -0.798. The first-order valence-corrected chi connectivity index (χ1v) is 7.34. The number of amides is 1. The van der Waals surface area contributed by atoms with Gasteiger partial charge in [-0.05, 0) is 32.1 Å². The Morgan fingerprint density at radius 3 is 2.79 bits per heavy atom. The zero-order chi connectivity index (χ0) is 14.3. The number of aliphatic carboxylic acids is 1. The molecule has 5 nitrogen and oxygen atoms in total. The van der Waals surface area contributed by atoms with Gasteiger partial charge in [0, 0.05) is 19.0 Å². The van der Waals surface area contributed by atoms with Crippen LogP contribution in [-0.4, -0.2) is 40.5 Å². The smallest absolute Gasteiger partial charge is 0.303 e. The number of rotatable bonds is 7. The van der Waals surface area contributed by atoms with Crippen molar-refractivity contribution in [2.24, 2.45) is 5.73 Å². The van der Waals surface area contributed by atoms with Crippen LogP contribution in [0.3, 0.4) is 0 Å². The average molecular weight is 270 g/mol. The fraction of sp³-hybridized carbons (Fsp3) is 0.857. The number of piperidine rings is 1. The number of carboxylic acids is 1. The van der Waals surface area contributed by atoms with Gasteiger partial charge >= 0.3 is 5.97 Å². The summed E-state index contributed by atoms with van der Waals surface area (Å²) < 4.78 is 0. The average Bonchev–Trinajstić information content (AvgIpc) is 2.42. The Balaban J connectivity index is 2.54. The number of carboxylic acid groups (broad SMARTS) is 1. The maximum atomic E-state index is 12.3. The third kappa shape index (κ3) is 5.19. The van der Waals surface area contributed by atoms with Gasteiger partial charge < -0.3 is 15.7 Å². The van der Waals surface area contributed by atoms with Gasteiger partial charge in [0.1, 0.15) is 0 Å². The summed E-state index contributed by atoms with van der Waals surface area (Å²) in [6.45, 7) is 2.80. The number of carbonyl (C=O) groups is 2. The zero-order valence-electron chi connectivity index (χ0n) is 11.8. The largest absolute Gasteiger partial charge is 0.481 e. The van der Waals surface area contributed by atoms with Crippen molar-refractivity contribution in [3.63, 3.8) is 0 Å². The van der Waals surface area contributed by atoms with Gasteiger partial charge in [-0.2, -0.15) is 0 Å². The predicted octanol–water partition coefficient (Wildman–Crippen LogP) is 1.75. The number of unbranched alkanes of at least 4 members (excludes halogenated alkanes) is 1. The van der Waals surface area contributed by atoms with Crippen LogP contribution in [0.5, 0.6) is 0 Å². The Morgan fingerprint density at radius 2 is 2.16 bits per heavy atom. The second kappa shape index (κ2) is 8.15. The molecule has 1 amide bonds. The lowest BCUT2D eigenvalue weighted by molar-refractivity contribution is -0.140. The van der Waals surface area contributed by atoms with Gasteiger partial charge in [-0.25, -0.2) is 0 Å². The fourth-order valence-electron chi connectivity index (χ4n) is 2.64. The minimum absolute atomic E-state index is 0.00328. The van der Waals surface area contributed by atoms with E-state index in [-0.39, 0.29) is 18.4 Å². The Morgan fingerprint density at radius 1 is 1.42 bits per heavy atom. The maximum Gasteiger partial charge on any atom is 0.303 e. The van der Waals surface area contributed by atoms with Crippen LogP contribution in [0.25, 0.3) is 0 Å². The van der Waals surface area contributed by atoms with Crippen LogP contribution in [0.2, 0.25) is 0 Å². The van der Waals surface area contributed by atoms with Gasteiger partial charge in [0.05, 0.1) is 6.04 Å². The predicted molar refractivity (Wildman–Crippen MR) is 73.7 cm³/mol. The molecule has 2 atom stereocenters. The summed E-state index contributed by atoms with van der Waals surface area (Å²) in [6.07, 6.45) is 6.34. The first kappa shape index (κ1) is 16.0. The van der Waals surface area contributed by atoms with Crippen molar-refractivity contribution < 1.29 is 14.7 Å². The molecular weight excluding hydrogens is 244 g/mol. The monoisotopic (exact) mass is 270 g/mol. The standard InChI is InChI=1S/C14H26N2O3/c1-2-3-7-12(15)14(19)16-10-5-4-6-11(16)8-9-13(17)18/h11-12H,2-10,15H2,1H3,(H,17,18). The minimum Gasteiger partial charge on any atom is -0.481 e. The molecule has 1 aliphatic rings. The lowest BCUT2D eigenvalue weighted by Gasteiger charge is -2.37. The number of nitrogens with two attached hydrogens (primary N) is 1. The van der Waals surface area contributed by atoms with Crippen LogP contribution in [0, 0.1) is 0 Å². The lowest BCUT2D eigenvalue weighted by Crippen LogP contribution is -2.50. The summed E-state index contributed by atoms with van der Waals surface area (Å²) in [5.74, 6) is -0.795. The molecule has 1 heterocycles. The van der Waals surface area contributed by atoms with E-state index in [0.717, 1.165) is 45.1 Å². The van der Waals surface area contributed by atoms with Crippen LogP contribution < -0.4 is 5.73 Å². The normalized spacial score (nSPS) is 21.2. The SMILES string of the molecule is CCCCC(N)C(=O)N1CCCCC1CCC(=O)O. The van der Waals surface area contributed by atoms with Crippen molar-refractivity contribution in [3.05, 3.63) is 0 Å². The summed E-state index contributed by atoms with van der Waals surface area (Å²) in [4.78, 5) is 24.8. The van der Waals surface area contributed by atoms with Crippen molar-refractivity contribution >= 4 is 11.9 Å². The van der Waals surface area contributed by atoms with E-state index < -0.39 is 12.0 Å².